The molecule has 28 heavy (non-hydrogen) atoms. The van der Waals surface area contributed by atoms with E-state index >= 15 is 0 Å². The fourth-order valence-electron chi connectivity index (χ4n) is 5.13. The van der Waals surface area contributed by atoms with Crippen LogP contribution in [0.5, 0.6) is 0 Å². The van der Waals surface area contributed by atoms with Gasteiger partial charge in [0.25, 0.3) is 5.91 Å². The molecule has 1 aliphatic carbocycles. The lowest BCUT2D eigenvalue weighted by Gasteiger charge is -2.40. The maximum absolute atomic E-state index is 13.2. The summed E-state index contributed by atoms with van der Waals surface area (Å²) in [6.07, 6.45) is 6.96. The van der Waals surface area contributed by atoms with Gasteiger partial charge in [-0.15, -0.1) is 0 Å². The number of nitrogens with zero attached hydrogens (tertiary/aromatic N) is 2. The number of hydrogen-bond acceptors (Lipinski definition) is 6. The SMILES string of the molecule is O=C(N[C@@H]1C[C@H]2CC[C@@H](C1)N2S(=O)(=O)C1CCCNC1)c1cc(C2CC2)on1. The lowest BCUT2D eigenvalue weighted by atomic mass is 9.99. The molecule has 2 N–H and O–H groups in total. The van der Waals surface area contributed by atoms with Gasteiger partial charge in [0.1, 0.15) is 5.76 Å². The van der Waals surface area contributed by atoms with Crippen LogP contribution in [0.25, 0.3) is 0 Å². The molecule has 1 aromatic rings. The smallest absolute Gasteiger partial charge is 0.273 e. The van der Waals surface area contributed by atoms with Gasteiger partial charge in [0.05, 0.1) is 5.25 Å². The van der Waals surface area contributed by atoms with E-state index in [9.17, 15) is 13.2 Å². The monoisotopic (exact) mass is 408 g/mol. The minimum atomic E-state index is -3.29. The summed E-state index contributed by atoms with van der Waals surface area (Å²) in [6, 6.07) is 1.73. The van der Waals surface area contributed by atoms with Gasteiger partial charge in [-0.05, 0) is 57.9 Å². The molecular weight excluding hydrogens is 380 g/mol. The minimum absolute atomic E-state index is 0.00434. The number of amides is 1. The van der Waals surface area contributed by atoms with Crippen LogP contribution in [0.15, 0.2) is 10.6 Å². The Morgan fingerprint density at radius 3 is 2.57 bits per heavy atom. The molecule has 3 aliphatic heterocycles. The molecule has 0 aromatic carbocycles. The Bertz CT molecular complexity index is 830. The predicted molar refractivity (Wildman–Crippen MR) is 102 cm³/mol. The lowest BCUT2D eigenvalue weighted by Crippen LogP contribution is -2.56. The Hall–Kier alpha value is -1.45. The number of rotatable bonds is 5. The second-order valence-electron chi connectivity index (χ2n) is 8.76. The average molecular weight is 409 g/mol. The van der Waals surface area contributed by atoms with Crippen molar-refractivity contribution in [2.75, 3.05) is 13.1 Å². The molecule has 4 atom stereocenters. The Kier molecular flexibility index (Phi) is 4.71. The molecule has 4 heterocycles. The van der Waals surface area contributed by atoms with Crippen molar-refractivity contribution in [3.8, 4) is 0 Å². The van der Waals surface area contributed by atoms with Crippen LogP contribution < -0.4 is 10.6 Å². The topological polar surface area (TPSA) is 105 Å². The van der Waals surface area contributed by atoms with Gasteiger partial charge in [0.2, 0.25) is 10.0 Å². The predicted octanol–water partition coefficient (Wildman–Crippen LogP) is 1.36. The van der Waals surface area contributed by atoms with Gasteiger partial charge in [-0.2, -0.15) is 4.31 Å². The zero-order chi connectivity index (χ0) is 19.3. The van der Waals surface area contributed by atoms with Gasteiger partial charge in [-0.1, -0.05) is 5.16 Å². The van der Waals surface area contributed by atoms with E-state index in [1.54, 1.807) is 10.4 Å². The molecule has 2 bridgehead atoms. The van der Waals surface area contributed by atoms with E-state index in [-0.39, 0.29) is 29.3 Å². The molecule has 0 radical (unpaired) electrons. The number of sulfonamides is 1. The molecule has 5 rings (SSSR count). The van der Waals surface area contributed by atoms with Crippen LogP contribution in [0.3, 0.4) is 0 Å². The number of carbonyl (C=O) groups is 1. The van der Waals surface area contributed by atoms with Gasteiger partial charge in [-0.3, -0.25) is 4.79 Å². The third-order valence-corrected chi connectivity index (χ3v) is 9.14. The Morgan fingerprint density at radius 2 is 1.93 bits per heavy atom. The number of fused-ring (bicyclic) bond motifs is 2. The van der Waals surface area contributed by atoms with Gasteiger partial charge in [-0.25, -0.2) is 8.42 Å². The summed E-state index contributed by atoms with van der Waals surface area (Å²) in [4.78, 5) is 12.6. The van der Waals surface area contributed by atoms with Crippen LogP contribution in [-0.2, 0) is 10.0 Å². The number of carbonyl (C=O) groups excluding carboxylic acids is 1. The molecular formula is C19H28N4O4S. The summed E-state index contributed by atoms with van der Waals surface area (Å²) in [5.74, 6) is 1.01. The van der Waals surface area contributed by atoms with E-state index in [0.29, 0.717) is 31.0 Å². The quantitative estimate of drug-likeness (QED) is 0.762. The zero-order valence-electron chi connectivity index (χ0n) is 16.0. The van der Waals surface area contributed by atoms with Gasteiger partial charge >= 0.3 is 0 Å². The highest BCUT2D eigenvalue weighted by Crippen LogP contribution is 2.41. The van der Waals surface area contributed by atoms with E-state index < -0.39 is 10.0 Å². The first kappa shape index (κ1) is 18.6. The average Bonchev–Trinajstić information content (AvgIpc) is 3.35. The summed E-state index contributed by atoms with van der Waals surface area (Å²) in [6.45, 7) is 1.45. The van der Waals surface area contributed by atoms with Crippen molar-refractivity contribution in [1.82, 2.24) is 20.1 Å². The van der Waals surface area contributed by atoms with Gasteiger partial charge in [0, 0.05) is 36.7 Å². The molecule has 4 aliphatic rings. The van der Waals surface area contributed by atoms with Crippen LogP contribution >= 0.6 is 0 Å². The second-order valence-corrected chi connectivity index (χ2v) is 10.9. The third kappa shape index (κ3) is 3.37. The van der Waals surface area contributed by atoms with Crippen LogP contribution in [-0.4, -0.2) is 60.3 Å². The summed E-state index contributed by atoms with van der Waals surface area (Å²) < 4.78 is 33.5. The Morgan fingerprint density at radius 1 is 1.18 bits per heavy atom. The van der Waals surface area contributed by atoms with E-state index in [1.807, 2.05) is 0 Å². The highest BCUT2D eigenvalue weighted by atomic mass is 32.2. The highest BCUT2D eigenvalue weighted by Gasteiger charge is 2.49. The highest BCUT2D eigenvalue weighted by molar-refractivity contribution is 7.89. The lowest BCUT2D eigenvalue weighted by molar-refractivity contribution is 0.0899. The third-order valence-electron chi connectivity index (χ3n) is 6.71. The first-order valence-corrected chi connectivity index (χ1v) is 12.0. The largest absolute Gasteiger partial charge is 0.360 e. The van der Waals surface area contributed by atoms with Gasteiger partial charge < -0.3 is 15.2 Å². The van der Waals surface area contributed by atoms with Crippen LogP contribution in [0.4, 0.5) is 0 Å². The normalized spacial score (nSPS) is 33.7. The number of hydrogen-bond donors (Lipinski definition) is 2. The number of aromatic nitrogens is 1. The number of nitrogens with one attached hydrogen (secondary N) is 2. The van der Waals surface area contributed by atoms with Crippen molar-refractivity contribution >= 4 is 15.9 Å². The minimum Gasteiger partial charge on any atom is -0.360 e. The summed E-state index contributed by atoms with van der Waals surface area (Å²) >= 11 is 0. The van der Waals surface area contributed by atoms with Crippen molar-refractivity contribution in [1.29, 1.82) is 0 Å². The molecule has 4 fully saturated rings. The molecule has 8 nitrogen and oxygen atoms in total. The molecule has 9 heteroatoms. The van der Waals surface area contributed by atoms with Crippen LogP contribution in [0.2, 0.25) is 0 Å². The Balaban J connectivity index is 1.24. The standard InChI is InChI=1S/C19H28N4O4S/c24-19(17-10-18(27-22-17)12-3-4-12)21-13-8-14-5-6-15(9-13)23(14)28(25,26)16-2-1-7-20-11-16/h10,12-16,20H,1-9,11H2,(H,21,24)/t13-,14-,15+,16?. The molecule has 154 valence electrons. The van der Waals surface area contributed by atoms with Crippen molar-refractivity contribution in [2.45, 2.75) is 80.7 Å². The maximum Gasteiger partial charge on any atom is 0.273 e. The van der Waals surface area contributed by atoms with Crippen LogP contribution in [0.1, 0.15) is 73.5 Å². The maximum atomic E-state index is 13.2. The number of piperidine rings is 2. The molecule has 0 spiro atoms. The molecule has 3 saturated heterocycles. The second kappa shape index (κ2) is 7.11. The van der Waals surface area contributed by atoms with Crippen molar-refractivity contribution < 1.29 is 17.7 Å². The first-order valence-electron chi connectivity index (χ1n) is 10.5. The van der Waals surface area contributed by atoms with Crippen molar-refractivity contribution in [3.63, 3.8) is 0 Å². The fraction of sp³-hybridized carbons (Fsp3) is 0.789. The molecule has 1 aromatic heterocycles. The van der Waals surface area contributed by atoms with Crippen molar-refractivity contribution in [3.05, 3.63) is 17.5 Å². The van der Waals surface area contributed by atoms with E-state index in [0.717, 1.165) is 50.8 Å². The molecule has 1 unspecified atom stereocenters. The Labute approximate surface area is 165 Å². The summed E-state index contributed by atoms with van der Waals surface area (Å²) in [5.41, 5.74) is 0.331. The summed E-state index contributed by atoms with van der Waals surface area (Å²) in [5, 5.41) is 9.88. The summed E-state index contributed by atoms with van der Waals surface area (Å²) in [7, 11) is -3.29. The first-order chi connectivity index (χ1) is 13.5. The molecule has 1 amide bonds. The zero-order valence-corrected chi connectivity index (χ0v) is 16.8. The van der Waals surface area contributed by atoms with Crippen molar-refractivity contribution in [2.24, 2.45) is 0 Å². The van der Waals surface area contributed by atoms with E-state index in [4.69, 9.17) is 4.52 Å². The van der Waals surface area contributed by atoms with E-state index in [1.165, 1.54) is 0 Å². The van der Waals surface area contributed by atoms with Crippen LogP contribution in [0, 0.1) is 0 Å². The fourth-order valence-corrected chi connectivity index (χ4v) is 7.48. The van der Waals surface area contributed by atoms with Gasteiger partial charge in [0.15, 0.2) is 5.69 Å². The van der Waals surface area contributed by atoms with E-state index in [2.05, 4.69) is 15.8 Å². The molecule has 1 saturated carbocycles.